The van der Waals surface area contributed by atoms with Gasteiger partial charge in [0, 0.05) is 16.1 Å². The lowest BCUT2D eigenvalue weighted by Gasteiger charge is -2.21. The van der Waals surface area contributed by atoms with Crippen LogP contribution in [0, 0.1) is 5.92 Å². The van der Waals surface area contributed by atoms with E-state index >= 15 is 0 Å². The second-order valence-corrected chi connectivity index (χ2v) is 7.25. The molecule has 0 radical (unpaired) electrons. The van der Waals surface area contributed by atoms with Crippen LogP contribution in [0.1, 0.15) is 42.5 Å². The van der Waals surface area contributed by atoms with E-state index in [2.05, 4.69) is 26.6 Å². The topological polar surface area (TPSA) is 58.2 Å². The molecule has 0 saturated heterocycles. The number of rotatable bonds is 4. The molecule has 2 aromatic rings. The summed E-state index contributed by atoms with van der Waals surface area (Å²) in [5.74, 6) is -0.171. The van der Waals surface area contributed by atoms with E-state index in [4.69, 9.17) is 0 Å². The predicted octanol–water partition coefficient (Wildman–Crippen LogP) is 5.22. The van der Waals surface area contributed by atoms with Crippen LogP contribution in [0.3, 0.4) is 0 Å². The smallest absolute Gasteiger partial charge is 0.257 e. The van der Waals surface area contributed by atoms with Crippen LogP contribution in [0.25, 0.3) is 0 Å². The third-order valence-corrected chi connectivity index (χ3v) is 4.98. The Morgan fingerprint density at radius 3 is 2.44 bits per heavy atom. The number of anilines is 2. The van der Waals surface area contributed by atoms with Crippen molar-refractivity contribution in [3.05, 3.63) is 58.6 Å². The van der Waals surface area contributed by atoms with Crippen LogP contribution in [0.15, 0.2) is 53.0 Å². The minimum Gasteiger partial charge on any atom is -0.325 e. The molecule has 0 aromatic heterocycles. The second kappa shape index (κ2) is 8.30. The minimum absolute atomic E-state index is 0.0161. The number of hydrogen-bond acceptors (Lipinski definition) is 2. The van der Waals surface area contributed by atoms with Crippen molar-refractivity contribution in [2.24, 2.45) is 5.92 Å². The summed E-state index contributed by atoms with van der Waals surface area (Å²) in [6, 6.07) is 14.5. The van der Waals surface area contributed by atoms with Crippen molar-refractivity contribution in [2.75, 3.05) is 10.6 Å². The lowest BCUT2D eigenvalue weighted by atomic mass is 9.88. The Hall–Kier alpha value is -2.14. The molecule has 1 saturated carbocycles. The molecule has 0 heterocycles. The number of benzene rings is 2. The molecule has 0 bridgehead atoms. The lowest BCUT2D eigenvalue weighted by molar-refractivity contribution is -0.120. The molecule has 3 rings (SSSR count). The van der Waals surface area contributed by atoms with Gasteiger partial charge in [0.05, 0.1) is 11.3 Å². The van der Waals surface area contributed by atoms with E-state index in [0.717, 1.165) is 30.2 Å². The fourth-order valence-corrected chi connectivity index (χ4v) is 3.55. The molecule has 2 N–H and O–H groups in total. The largest absolute Gasteiger partial charge is 0.325 e. The first-order chi connectivity index (χ1) is 12.1. The molecule has 1 aliphatic rings. The standard InChI is InChI=1S/C20H21BrN2O2/c21-15-9-6-10-16(13-15)22-20(25)17-11-4-5-12-18(17)23-19(24)14-7-2-1-3-8-14/h4-6,9-14H,1-3,7-8H2,(H,22,25)(H,23,24). The highest BCUT2D eigenvalue weighted by Crippen LogP contribution is 2.26. The number of carbonyl (C=O) groups is 2. The van der Waals surface area contributed by atoms with E-state index in [-0.39, 0.29) is 17.7 Å². The van der Waals surface area contributed by atoms with Crippen LogP contribution >= 0.6 is 15.9 Å². The van der Waals surface area contributed by atoms with Gasteiger partial charge in [-0.15, -0.1) is 0 Å². The Morgan fingerprint density at radius 1 is 0.920 bits per heavy atom. The van der Waals surface area contributed by atoms with Gasteiger partial charge in [0.25, 0.3) is 5.91 Å². The zero-order valence-corrected chi connectivity index (χ0v) is 15.5. The zero-order chi connectivity index (χ0) is 17.6. The fourth-order valence-electron chi connectivity index (χ4n) is 3.15. The summed E-state index contributed by atoms with van der Waals surface area (Å²) in [5, 5.41) is 5.82. The first kappa shape index (κ1) is 17.7. The van der Waals surface area contributed by atoms with Gasteiger partial charge >= 0.3 is 0 Å². The molecule has 5 heteroatoms. The van der Waals surface area contributed by atoms with Crippen molar-refractivity contribution < 1.29 is 9.59 Å². The average molecular weight is 401 g/mol. The molecule has 0 unspecified atom stereocenters. The lowest BCUT2D eigenvalue weighted by Crippen LogP contribution is -2.26. The van der Waals surface area contributed by atoms with Crippen molar-refractivity contribution in [1.29, 1.82) is 0 Å². The number of hydrogen-bond donors (Lipinski definition) is 2. The van der Waals surface area contributed by atoms with Gasteiger partial charge in [-0.05, 0) is 43.2 Å². The van der Waals surface area contributed by atoms with Crippen LogP contribution < -0.4 is 10.6 Å². The number of carbonyl (C=O) groups excluding carboxylic acids is 2. The molecule has 4 nitrogen and oxygen atoms in total. The molecule has 1 aliphatic carbocycles. The Balaban J connectivity index is 1.73. The Morgan fingerprint density at radius 2 is 1.68 bits per heavy atom. The van der Waals surface area contributed by atoms with Crippen LogP contribution in [0.4, 0.5) is 11.4 Å². The number of para-hydroxylation sites is 1. The minimum atomic E-state index is -0.238. The van der Waals surface area contributed by atoms with Crippen molar-refractivity contribution in [1.82, 2.24) is 0 Å². The van der Waals surface area contributed by atoms with Gasteiger partial charge in [0.15, 0.2) is 0 Å². The van der Waals surface area contributed by atoms with E-state index in [1.54, 1.807) is 18.2 Å². The van der Waals surface area contributed by atoms with Gasteiger partial charge in [-0.1, -0.05) is 53.4 Å². The molecule has 1 fully saturated rings. The van der Waals surface area contributed by atoms with Crippen molar-refractivity contribution >= 4 is 39.1 Å². The van der Waals surface area contributed by atoms with Crippen LogP contribution in [-0.2, 0) is 4.79 Å². The third kappa shape index (κ3) is 4.69. The van der Waals surface area contributed by atoms with Crippen LogP contribution in [0.5, 0.6) is 0 Å². The second-order valence-electron chi connectivity index (χ2n) is 6.33. The molecular weight excluding hydrogens is 380 g/mol. The number of halogens is 1. The summed E-state index contributed by atoms with van der Waals surface area (Å²) in [6.07, 6.45) is 5.26. The quantitative estimate of drug-likeness (QED) is 0.738. The van der Waals surface area contributed by atoms with Gasteiger partial charge < -0.3 is 10.6 Å². The molecule has 0 spiro atoms. The van der Waals surface area contributed by atoms with E-state index in [9.17, 15) is 9.59 Å². The molecule has 2 amide bonds. The van der Waals surface area contributed by atoms with Gasteiger partial charge in [-0.3, -0.25) is 9.59 Å². The summed E-state index contributed by atoms with van der Waals surface area (Å²) in [4.78, 5) is 25.1. The van der Waals surface area contributed by atoms with E-state index < -0.39 is 0 Å². The summed E-state index contributed by atoms with van der Waals surface area (Å²) in [6.45, 7) is 0. The molecular formula is C20H21BrN2O2. The van der Waals surface area contributed by atoms with E-state index in [1.165, 1.54) is 6.42 Å². The molecule has 2 aromatic carbocycles. The predicted molar refractivity (Wildman–Crippen MR) is 104 cm³/mol. The number of amides is 2. The van der Waals surface area contributed by atoms with Crippen molar-refractivity contribution in [2.45, 2.75) is 32.1 Å². The summed E-state index contributed by atoms with van der Waals surface area (Å²) in [5.41, 5.74) is 1.73. The SMILES string of the molecule is O=C(Nc1cccc(Br)c1)c1ccccc1NC(=O)C1CCCCC1. The summed E-state index contributed by atoms with van der Waals surface area (Å²) < 4.78 is 0.893. The number of nitrogens with one attached hydrogen (secondary N) is 2. The normalized spacial score (nSPS) is 14.8. The monoisotopic (exact) mass is 400 g/mol. The summed E-state index contributed by atoms with van der Waals surface area (Å²) >= 11 is 3.39. The first-order valence-corrected chi connectivity index (χ1v) is 9.39. The van der Waals surface area contributed by atoms with Gasteiger partial charge in [0.2, 0.25) is 5.91 Å². The Bertz CT molecular complexity index is 770. The molecule has 0 atom stereocenters. The highest BCUT2D eigenvalue weighted by atomic mass is 79.9. The van der Waals surface area contributed by atoms with Gasteiger partial charge in [-0.2, -0.15) is 0 Å². The first-order valence-electron chi connectivity index (χ1n) is 8.60. The van der Waals surface area contributed by atoms with Gasteiger partial charge in [-0.25, -0.2) is 0 Å². The van der Waals surface area contributed by atoms with Crippen LogP contribution in [0.2, 0.25) is 0 Å². The molecule has 130 valence electrons. The molecule has 25 heavy (non-hydrogen) atoms. The maximum absolute atomic E-state index is 12.6. The fraction of sp³-hybridized carbons (Fsp3) is 0.300. The maximum atomic E-state index is 12.6. The van der Waals surface area contributed by atoms with Gasteiger partial charge in [0.1, 0.15) is 0 Å². The molecule has 0 aliphatic heterocycles. The zero-order valence-electron chi connectivity index (χ0n) is 13.9. The Kier molecular flexibility index (Phi) is 5.87. The van der Waals surface area contributed by atoms with E-state index in [0.29, 0.717) is 16.9 Å². The average Bonchev–Trinajstić information content (AvgIpc) is 2.63. The highest BCUT2D eigenvalue weighted by molar-refractivity contribution is 9.10. The summed E-state index contributed by atoms with van der Waals surface area (Å²) in [7, 11) is 0. The maximum Gasteiger partial charge on any atom is 0.257 e. The van der Waals surface area contributed by atoms with Crippen LogP contribution in [-0.4, -0.2) is 11.8 Å². The van der Waals surface area contributed by atoms with E-state index in [1.807, 2.05) is 30.3 Å². The Labute approximate surface area is 156 Å². The van der Waals surface area contributed by atoms with Crippen molar-refractivity contribution in [3.63, 3.8) is 0 Å². The third-order valence-electron chi connectivity index (χ3n) is 4.49. The van der Waals surface area contributed by atoms with Crippen molar-refractivity contribution in [3.8, 4) is 0 Å². The highest BCUT2D eigenvalue weighted by Gasteiger charge is 2.22.